The van der Waals surface area contributed by atoms with Gasteiger partial charge in [-0.1, -0.05) is 0 Å². The number of carboxylic acid groups (broad SMARTS) is 1. The van der Waals surface area contributed by atoms with E-state index in [1.165, 1.54) is 34.6 Å². The first-order valence-electron chi connectivity index (χ1n) is 26.6. The second-order valence-electron chi connectivity index (χ2n) is 19.7. The molecule has 12 amide bonds. The van der Waals surface area contributed by atoms with Crippen LogP contribution in [0.5, 0.6) is 0 Å². The lowest BCUT2D eigenvalue weighted by molar-refractivity contribution is -0.333. The number of hydrogen-bond acceptors (Lipinski definition) is 23. The third-order valence-electron chi connectivity index (χ3n) is 12.8. The van der Waals surface area contributed by atoms with Crippen LogP contribution in [0.4, 0.5) is 0 Å². The second kappa shape index (κ2) is 35.8. The fraction of sp³-hybridized carbons (Fsp3) is 0.729. The molecule has 84 heavy (non-hydrogen) atoms. The number of aliphatic carboxylic acids is 1. The van der Waals surface area contributed by atoms with Crippen molar-refractivity contribution in [3.63, 3.8) is 0 Å². The van der Waals surface area contributed by atoms with Crippen molar-refractivity contribution in [1.29, 1.82) is 0 Å². The molecule has 0 aromatic heterocycles. The monoisotopic (exact) mass is 1210 g/mol. The van der Waals surface area contributed by atoms with Crippen LogP contribution in [-0.2, 0) is 81.3 Å². The molecule has 0 radical (unpaired) electrons. The predicted octanol–water partition coefficient (Wildman–Crippen LogP) is -10.9. The summed E-state index contributed by atoms with van der Waals surface area (Å²) < 4.78 is 23.2. The highest BCUT2D eigenvalue weighted by atomic mass is 16.7. The molecular formula is C48H81N13O23. The van der Waals surface area contributed by atoms with Crippen LogP contribution in [0, 0.1) is 0 Å². The maximum absolute atomic E-state index is 13.6. The van der Waals surface area contributed by atoms with Crippen molar-refractivity contribution < 1.29 is 112 Å². The Labute approximate surface area is 481 Å². The van der Waals surface area contributed by atoms with Crippen molar-refractivity contribution >= 4 is 76.9 Å². The van der Waals surface area contributed by atoms with E-state index in [0.717, 1.165) is 13.8 Å². The number of carboxylic acids is 1. The van der Waals surface area contributed by atoms with E-state index < -0.39 is 220 Å². The van der Waals surface area contributed by atoms with E-state index in [1.807, 2.05) is 0 Å². The van der Waals surface area contributed by atoms with Crippen LogP contribution >= 0.6 is 0 Å². The molecule has 2 saturated heterocycles. The number of aliphatic hydroxyl groups is 5. The lowest BCUT2D eigenvalue weighted by Gasteiger charge is -2.48. The summed E-state index contributed by atoms with van der Waals surface area (Å²) in [6.07, 6.45) is -15.9. The molecule has 36 nitrogen and oxygen atoms in total. The molecule has 0 saturated carbocycles. The average Bonchev–Trinajstić information content (AvgIpc) is 3.61. The maximum Gasteiger partial charge on any atom is 0.325 e. The minimum absolute atomic E-state index is 0.000440. The summed E-state index contributed by atoms with van der Waals surface area (Å²) in [5.74, 6) is -11.3. The van der Waals surface area contributed by atoms with Gasteiger partial charge in [-0.3, -0.25) is 62.3 Å². The van der Waals surface area contributed by atoms with E-state index >= 15 is 0 Å². The molecule has 0 aromatic rings. The van der Waals surface area contributed by atoms with Crippen molar-refractivity contribution in [2.75, 3.05) is 39.4 Å². The van der Waals surface area contributed by atoms with Crippen LogP contribution in [0.2, 0.25) is 0 Å². The van der Waals surface area contributed by atoms with Gasteiger partial charge in [0.1, 0.15) is 91.1 Å². The Bertz CT molecular complexity index is 2320. The second-order valence-corrected chi connectivity index (χ2v) is 19.7. The largest absolute Gasteiger partial charge is 0.480 e. The third-order valence-corrected chi connectivity index (χ3v) is 12.8. The van der Waals surface area contributed by atoms with Gasteiger partial charge >= 0.3 is 5.97 Å². The number of ether oxygens (including phenoxy) is 4. The molecule has 2 aliphatic heterocycles. The molecule has 17 unspecified atom stereocenters. The van der Waals surface area contributed by atoms with E-state index in [1.54, 1.807) is 0 Å². The Morgan fingerprint density at radius 2 is 1.10 bits per heavy atom. The van der Waals surface area contributed by atoms with E-state index in [2.05, 4.69) is 58.5 Å². The normalized spacial score (nSPS) is 24.4. The molecule has 0 aliphatic carbocycles. The summed E-state index contributed by atoms with van der Waals surface area (Å²) >= 11 is 0. The molecule has 0 bridgehead atoms. The summed E-state index contributed by atoms with van der Waals surface area (Å²) in [6, 6.07) is -11.2. The first kappa shape index (κ1) is 72.8. The highest BCUT2D eigenvalue weighted by Crippen LogP contribution is 2.31. The summed E-state index contributed by atoms with van der Waals surface area (Å²) in [6.45, 7) is 5.27. The van der Waals surface area contributed by atoms with E-state index in [9.17, 15) is 93.0 Å². The zero-order valence-corrected chi connectivity index (χ0v) is 47.4. The summed E-state index contributed by atoms with van der Waals surface area (Å²) in [4.78, 5) is 163. The molecule has 0 aromatic carbocycles. The third kappa shape index (κ3) is 24.1. The Kier molecular flexibility index (Phi) is 31.0. The number of amides is 12. The lowest BCUT2D eigenvalue weighted by Crippen LogP contribution is -2.70. The quantitative estimate of drug-likeness (QED) is 0.0266. The Morgan fingerprint density at radius 1 is 0.548 bits per heavy atom. The minimum atomic E-state index is -1.92. The molecule has 36 heteroatoms. The molecule has 0 spiro atoms. The van der Waals surface area contributed by atoms with Gasteiger partial charge in [-0.15, -0.1) is 0 Å². The van der Waals surface area contributed by atoms with Crippen LogP contribution in [0.3, 0.4) is 0 Å². The minimum Gasteiger partial charge on any atom is -0.480 e. The number of hydrogen-bond donors (Lipinski definition) is 19. The van der Waals surface area contributed by atoms with E-state index in [4.69, 9.17) is 30.4 Å². The summed E-state index contributed by atoms with van der Waals surface area (Å²) in [5.41, 5.74) is 10.7. The van der Waals surface area contributed by atoms with Crippen LogP contribution in [0.1, 0.15) is 80.6 Å². The van der Waals surface area contributed by atoms with Gasteiger partial charge in [-0.2, -0.15) is 0 Å². The standard InChI is InChI=1S/C48H81N13O23/c1-19(54-33(69)16-53-32(68)15-52-31(67)14-49)41(73)51-13-9-8-10-27(45(77)56-20(2)42(74)57-22(4)46(78)79)60-30(66)12-11-26(40(50)72)61-43(75)21(3)55-44(76)23(5)81-39-35(59-25(7)65)47(80)82-29(18-63)38(39)84-48-34(58-24(6)64)37(71)36(70)28(17-62)83-48/h19-23,26-29,34-39,47-48,62-63,70-71,80H,8-18,49H2,1-7H3,(H2,50,72)(H,51,73)(H,52,67)(H,53,68)(H,54,69)(H,55,76)(H,56,77)(H,57,74)(H,58,64)(H,59,65)(H,60,66)(H,61,75)(H,78,79). The number of carbonyl (C=O) groups excluding carboxylic acids is 12. The van der Waals surface area contributed by atoms with Gasteiger partial charge in [0.25, 0.3) is 0 Å². The van der Waals surface area contributed by atoms with Crippen molar-refractivity contribution in [3.8, 4) is 0 Å². The summed E-state index contributed by atoms with van der Waals surface area (Å²) in [5, 5.41) is 87.6. The summed E-state index contributed by atoms with van der Waals surface area (Å²) in [7, 11) is 0. The van der Waals surface area contributed by atoms with Crippen LogP contribution in [0.15, 0.2) is 0 Å². The van der Waals surface area contributed by atoms with Crippen molar-refractivity contribution in [1.82, 2.24) is 58.5 Å². The average molecular weight is 1210 g/mol. The number of aliphatic hydroxyl groups excluding tert-OH is 5. The molecule has 21 N–H and O–H groups in total. The van der Waals surface area contributed by atoms with Crippen molar-refractivity contribution in [2.45, 2.75) is 184 Å². The Balaban J connectivity index is 2.16. The molecule has 2 fully saturated rings. The number of unbranched alkanes of at least 4 members (excludes halogenated alkanes) is 1. The van der Waals surface area contributed by atoms with Gasteiger partial charge in [0.05, 0.1) is 32.8 Å². The Hall–Kier alpha value is -7.29. The van der Waals surface area contributed by atoms with Gasteiger partial charge < -0.3 is 120 Å². The number of rotatable bonds is 34. The smallest absolute Gasteiger partial charge is 0.325 e. The number of nitrogens with one attached hydrogen (secondary N) is 11. The maximum atomic E-state index is 13.6. The topological polar surface area (TPSA) is 565 Å². The molecule has 2 rings (SSSR count). The van der Waals surface area contributed by atoms with Gasteiger partial charge in [0, 0.05) is 26.8 Å². The van der Waals surface area contributed by atoms with Crippen LogP contribution in [-0.4, -0.2) is 251 Å². The van der Waals surface area contributed by atoms with Gasteiger partial charge in [0.2, 0.25) is 70.9 Å². The first-order valence-corrected chi connectivity index (χ1v) is 26.6. The van der Waals surface area contributed by atoms with E-state index in [-0.39, 0.29) is 32.4 Å². The van der Waals surface area contributed by atoms with Gasteiger partial charge in [-0.05, 0) is 60.3 Å². The molecule has 17 atom stereocenters. The zero-order chi connectivity index (χ0) is 63.7. The van der Waals surface area contributed by atoms with Crippen molar-refractivity contribution in [2.24, 2.45) is 11.5 Å². The van der Waals surface area contributed by atoms with Gasteiger partial charge in [-0.25, -0.2) is 0 Å². The predicted molar refractivity (Wildman–Crippen MR) is 282 cm³/mol. The number of nitrogens with two attached hydrogens (primary N) is 2. The molecule has 476 valence electrons. The highest BCUT2D eigenvalue weighted by molar-refractivity contribution is 5.95. The Morgan fingerprint density at radius 3 is 1.67 bits per heavy atom. The van der Waals surface area contributed by atoms with Crippen LogP contribution < -0.4 is 70.0 Å². The first-order chi connectivity index (χ1) is 39.3. The molecule has 2 heterocycles. The van der Waals surface area contributed by atoms with Gasteiger partial charge in [0.15, 0.2) is 12.6 Å². The highest BCUT2D eigenvalue weighted by Gasteiger charge is 2.53. The number of carbonyl (C=O) groups is 13. The zero-order valence-electron chi connectivity index (χ0n) is 47.4. The fourth-order valence-corrected chi connectivity index (χ4v) is 8.08. The SMILES string of the molecule is CC(=O)NC1C(OC2C(CO)OC(O)C(NC(C)=O)C2OC(C)C(=O)NC(C)C(=O)NC(CCC(=O)NC(CCCCNC(=O)C(C)NC(=O)CNC(=O)CNC(=O)CN)C(=O)NC(C)C(=O)NC(C)C(=O)O)C(N)=O)OC(CO)C(O)C1O. The fourth-order valence-electron chi connectivity index (χ4n) is 8.08. The molecular weight excluding hydrogens is 1130 g/mol. The lowest BCUT2D eigenvalue weighted by atomic mass is 9.94. The number of primary amides is 1. The van der Waals surface area contributed by atoms with E-state index in [0.29, 0.717) is 0 Å². The van der Waals surface area contributed by atoms with Crippen LogP contribution in [0.25, 0.3) is 0 Å². The molecule has 2 aliphatic rings. The van der Waals surface area contributed by atoms with Crippen molar-refractivity contribution in [3.05, 3.63) is 0 Å².